The van der Waals surface area contributed by atoms with Gasteiger partial charge in [-0.3, -0.25) is 19.2 Å². The number of hydrogen-bond acceptors (Lipinski definition) is 11. The first-order valence-corrected chi connectivity index (χ1v) is 13.6. The van der Waals surface area contributed by atoms with E-state index in [1.165, 1.54) is 19.1 Å². The number of methoxy groups -OCH3 is 1. The molecule has 232 valence electrons. The summed E-state index contributed by atoms with van der Waals surface area (Å²) in [7, 11) is 1.56. The average molecular weight is 585 g/mol. The Hall–Kier alpha value is -2.94. The minimum Gasteiger partial charge on any atom is -0.508 e. The minimum absolute atomic E-state index is 0.00880. The zero-order valence-corrected chi connectivity index (χ0v) is 24.0. The lowest BCUT2D eigenvalue weighted by Crippen LogP contribution is -2.43. The highest BCUT2D eigenvalue weighted by atomic mass is 16.5. The number of rotatable bonds is 26. The van der Waals surface area contributed by atoms with Crippen molar-refractivity contribution in [3.8, 4) is 5.75 Å². The summed E-state index contributed by atoms with van der Waals surface area (Å²) in [6.07, 6.45) is 1.16. The van der Waals surface area contributed by atoms with Crippen molar-refractivity contribution < 1.29 is 52.7 Å². The van der Waals surface area contributed by atoms with Crippen molar-refractivity contribution in [3.05, 3.63) is 29.8 Å². The van der Waals surface area contributed by atoms with Crippen molar-refractivity contribution >= 4 is 23.4 Å². The van der Waals surface area contributed by atoms with Crippen LogP contribution in [0.1, 0.15) is 25.3 Å². The van der Waals surface area contributed by atoms with Gasteiger partial charge in [-0.1, -0.05) is 12.1 Å². The van der Waals surface area contributed by atoms with E-state index >= 15 is 0 Å². The Labute approximate surface area is 241 Å². The normalized spacial score (nSPS) is 11.7. The molecule has 41 heavy (non-hydrogen) atoms. The van der Waals surface area contributed by atoms with Gasteiger partial charge in [0.25, 0.3) is 0 Å². The lowest BCUT2D eigenvalue weighted by molar-refractivity contribution is -0.130. The summed E-state index contributed by atoms with van der Waals surface area (Å²) in [5, 5.41) is 14.7. The number of carbonyl (C=O) groups excluding carboxylic acids is 4. The summed E-state index contributed by atoms with van der Waals surface area (Å²) >= 11 is 0. The van der Waals surface area contributed by atoms with Gasteiger partial charge in [-0.25, -0.2) is 0 Å². The van der Waals surface area contributed by atoms with Gasteiger partial charge in [0.1, 0.15) is 25.6 Å². The van der Waals surface area contributed by atoms with Crippen LogP contribution in [0.15, 0.2) is 24.3 Å². The Balaban J connectivity index is 1.94. The third-order valence-corrected chi connectivity index (χ3v) is 5.42. The largest absolute Gasteiger partial charge is 0.508 e. The van der Waals surface area contributed by atoms with Crippen LogP contribution in [0.2, 0.25) is 0 Å². The van der Waals surface area contributed by atoms with Crippen LogP contribution in [0.3, 0.4) is 0 Å². The molecule has 0 aliphatic rings. The van der Waals surface area contributed by atoms with Crippen molar-refractivity contribution in [1.29, 1.82) is 0 Å². The van der Waals surface area contributed by atoms with Crippen LogP contribution in [0, 0.1) is 0 Å². The van der Waals surface area contributed by atoms with Crippen LogP contribution in [0.5, 0.6) is 5.75 Å². The van der Waals surface area contributed by atoms with Gasteiger partial charge in [0.05, 0.1) is 52.3 Å². The smallest absolute Gasteiger partial charge is 0.246 e. The summed E-state index contributed by atoms with van der Waals surface area (Å²) < 4.78 is 31.2. The predicted octanol–water partition coefficient (Wildman–Crippen LogP) is 0.203. The average Bonchev–Trinajstić information content (AvgIpc) is 2.94. The van der Waals surface area contributed by atoms with Gasteiger partial charge in [0.15, 0.2) is 11.6 Å². The van der Waals surface area contributed by atoms with Crippen LogP contribution < -0.4 is 10.6 Å². The van der Waals surface area contributed by atoms with Gasteiger partial charge in [0, 0.05) is 26.7 Å². The topological polar surface area (TPSA) is 168 Å². The summed E-state index contributed by atoms with van der Waals surface area (Å²) in [6.45, 7) is 4.03. The lowest BCUT2D eigenvalue weighted by atomic mass is 10.0. The molecule has 0 aliphatic heterocycles. The molecular formula is C28H44N2O11. The number of aromatic hydroxyl groups is 1. The van der Waals surface area contributed by atoms with Crippen LogP contribution in [0.25, 0.3) is 0 Å². The second kappa shape index (κ2) is 23.7. The SMILES string of the molecule is COCCOCC(=O)NCCOCCOCC(=O)CCCOCCOCC(=O)N[C@@H](Cc1ccc(O)cc1)C(C)=O. The molecule has 0 aliphatic carbocycles. The van der Waals surface area contributed by atoms with E-state index in [0.29, 0.717) is 58.8 Å². The zero-order valence-electron chi connectivity index (χ0n) is 24.0. The number of phenols is 1. The standard InChI is InChI=1S/C28H44N2O11/c1-22(31)26(18-23-5-7-24(32)8-6-23)30-28(35)21-41-17-14-37-10-3-4-25(33)19-39-16-15-38-11-9-29-27(34)20-40-13-12-36-2/h5-8,26,32H,3-4,9-21H2,1-2H3,(H,29,34)(H,30,35)/t26-/m0/s1. The molecule has 13 nitrogen and oxygen atoms in total. The number of ketones is 2. The molecule has 13 heteroatoms. The number of nitrogens with one attached hydrogen (secondary N) is 2. The third-order valence-electron chi connectivity index (χ3n) is 5.42. The molecule has 0 unspecified atom stereocenters. The Kier molecular flexibility index (Phi) is 20.9. The molecule has 1 aromatic carbocycles. The maximum Gasteiger partial charge on any atom is 0.246 e. The van der Waals surface area contributed by atoms with Crippen molar-refractivity contribution in [2.45, 2.75) is 32.2 Å². The third kappa shape index (κ3) is 20.6. The second-order valence-electron chi connectivity index (χ2n) is 8.97. The Bertz CT molecular complexity index is 880. The maximum atomic E-state index is 12.1. The van der Waals surface area contributed by atoms with Gasteiger partial charge in [-0.2, -0.15) is 0 Å². The van der Waals surface area contributed by atoms with Crippen LogP contribution >= 0.6 is 0 Å². The lowest BCUT2D eigenvalue weighted by Gasteiger charge is -2.16. The van der Waals surface area contributed by atoms with E-state index in [0.717, 1.165) is 5.56 Å². The number of carbonyl (C=O) groups is 4. The number of phenolic OH excluding ortho intramolecular Hbond substituents is 1. The first kappa shape index (κ1) is 36.1. The first-order valence-electron chi connectivity index (χ1n) is 13.6. The van der Waals surface area contributed by atoms with Gasteiger partial charge in [-0.05, 0) is 37.5 Å². The highest BCUT2D eigenvalue weighted by molar-refractivity contribution is 5.88. The number of Topliss-reactive ketones (excluding diaryl/α,β-unsaturated/α-hetero) is 2. The molecule has 1 aromatic rings. The molecule has 0 spiro atoms. The fraction of sp³-hybridized carbons (Fsp3) is 0.643. The van der Waals surface area contributed by atoms with Crippen molar-refractivity contribution in [3.63, 3.8) is 0 Å². The van der Waals surface area contributed by atoms with Crippen molar-refractivity contribution in [1.82, 2.24) is 10.6 Å². The van der Waals surface area contributed by atoms with Crippen molar-refractivity contribution in [2.75, 3.05) is 86.3 Å². The van der Waals surface area contributed by atoms with Gasteiger partial charge in [-0.15, -0.1) is 0 Å². The fourth-order valence-corrected chi connectivity index (χ4v) is 3.26. The second-order valence-corrected chi connectivity index (χ2v) is 8.97. The number of hydrogen-bond donors (Lipinski definition) is 3. The molecule has 0 saturated carbocycles. The summed E-state index contributed by atoms with van der Waals surface area (Å²) in [5.41, 5.74) is 0.812. The van der Waals surface area contributed by atoms with E-state index in [2.05, 4.69) is 10.6 Å². The van der Waals surface area contributed by atoms with Crippen LogP contribution in [-0.4, -0.2) is 121 Å². The molecule has 0 bridgehead atoms. The van der Waals surface area contributed by atoms with E-state index in [1.807, 2.05) is 0 Å². The van der Waals surface area contributed by atoms with Gasteiger partial charge >= 0.3 is 0 Å². The van der Waals surface area contributed by atoms with E-state index in [-0.39, 0.29) is 62.9 Å². The highest BCUT2D eigenvalue weighted by Crippen LogP contribution is 2.11. The molecule has 0 aromatic heterocycles. The number of ether oxygens (including phenoxy) is 6. The first-order chi connectivity index (χ1) is 19.8. The van der Waals surface area contributed by atoms with E-state index in [1.54, 1.807) is 19.2 Å². The molecule has 0 saturated heterocycles. The molecule has 3 N–H and O–H groups in total. The monoisotopic (exact) mass is 584 g/mol. The molecule has 0 radical (unpaired) electrons. The Morgan fingerprint density at radius 2 is 1.34 bits per heavy atom. The quantitative estimate of drug-likeness (QED) is 0.127. The fourth-order valence-electron chi connectivity index (χ4n) is 3.26. The number of benzene rings is 1. The highest BCUT2D eigenvalue weighted by Gasteiger charge is 2.17. The molecular weight excluding hydrogens is 540 g/mol. The predicted molar refractivity (Wildman–Crippen MR) is 148 cm³/mol. The Morgan fingerprint density at radius 1 is 0.756 bits per heavy atom. The minimum atomic E-state index is -0.683. The van der Waals surface area contributed by atoms with Crippen LogP contribution in [-0.2, 0) is 54.0 Å². The van der Waals surface area contributed by atoms with E-state index in [4.69, 9.17) is 28.4 Å². The van der Waals surface area contributed by atoms with Gasteiger partial charge < -0.3 is 44.2 Å². The molecule has 1 atom stereocenters. The molecule has 1 rings (SSSR count). The summed E-state index contributed by atoms with van der Waals surface area (Å²) in [6, 6.07) is 5.75. The summed E-state index contributed by atoms with van der Waals surface area (Å²) in [5.74, 6) is -0.736. The van der Waals surface area contributed by atoms with Crippen molar-refractivity contribution in [2.24, 2.45) is 0 Å². The molecule has 0 heterocycles. The number of amides is 2. The Morgan fingerprint density at radius 3 is 2.00 bits per heavy atom. The van der Waals surface area contributed by atoms with E-state index in [9.17, 15) is 24.3 Å². The summed E-state index contributed by atoms with van der Waals surface area (Å²) in [4.78, 5) is 47.3. The molecule has 2 amide bonds. The van der Waals surface area contributed by atoms with Crippen LogP contribution in [0.4, 0.5) is 0 Å². The maximum absolute atomic E-state index is 12.1. The zero-order chi connectivity index (χ0) is 30.1. The molecule has 0 fully saturated rings. The van der Waals surface area contributed by atoms with Gasteiger partial charge in [0.2, 0.25) is 11.8 Å². The van der Waals surface area contributed by atoms with E-state index < -0.39 is 11.9 Å².